The van der Waals surface area contributed by atoms with Crippen LogP contribution in [0.3, 0.4) is 0 Å². The lowest BCUT2D eigenvalue weighted by Gasteiger charge is -2.21. The van der Waals surface area contributed by atoms with Crippen molar-refractivity contribution in [3.63, 3.8) is 0 Å². The second-order valence-electron chi connectivity index (χ2n) is 4.61. The number of rotatable bonds is 3. The molecule has 1 heterocycles. The topological polar surface area (TPSA) is 47.9 Å². The molecule has 0 spiro atoms. The number of hydrogen-bond acceptors (Lipinski definition) is 4. The SMILES string of the molecule is CCOC(=O)C1=C(C(F)(F)F)OCC(c2ccc(C)cc2)=N1. The number of esters is 1. The Morgan fingerprint density at radius 3 is 2.50 bits per heavy atom. The number of benzene rings is 1. The van der Waals surface area contributed by atoms with Gasteiger partial charge in [0.2, 0.25) is 5.76 Å². The van der Waals surface area contributed by atoms with Gasteiger partial charge in [0.05, 0.1) is 12.3 Å². The summed E-state index contributed by atoms with van der Waals surface area (Å²) in [4.78, 5) is 15.5. The first-order valence-corrected chi connectivity index (χ1v) is 6.59. The second-order valence-corrected chi connectivity index (χ2v) is 4.61. The molecular weight excluding hydrogens is 299 g/mol. The lowest BCUT2D eigenvalue weighted by Crippen LogP contribution is -2.28. The number of aliphatic imine (C=N–C) groups is 1. The average molecular weight is 313 g/mol. The van der Waals surface area contributed by atoms with Gasteiger partial charge in [-0.3, -0.25) is 0 Å². The number of halogens is 3. The number of aryl methyl sites for hydroxylation is 1. The summed E-state index contributed by atoms with van der Waals surface area (Å²) in [6, 6.07) is 7.01. The van der Waals surface area contributed by atoms with E-state index in [1.807, 2.05) is 6.92 Å². The Kier molecular flexibility index (Phi) is 4.54. The Morgan fingerprint density at radius 1 is 1.32 bits per heavy atom. The fourth-order valence-electron chi connectivity index (χ4n) is 1.87. The molecule has 0 atom stereocenters. The average Bonchev–Trinajstić information content (AvgIpc) is 2.46. The van der Waals surface area contributed by atoms with Crippen LogP contribution in [-0.4, -0.2) is 31.1 Å². The third-order valence-electron chi connectivity index (χ3n) is 2.93. The van der Waals surface area contributed by atoms with Gasteiger partial charge >= 0.3 is 12.1 Å². The highest BCUT2D eigenvalue weighted by Crippen LogP contribution is 2.32. The smallest absolute Gasteiger partial charge is 0.451 e. The lowest BCUT2D eigenvalue weighted by molar-refractivity contribution is -0.145. The van der Waals surface area contributed by atoms with Gasteiger partial charge in [-0.2, -0.15) is 13.2 Å². The van der Waals surface area contributed by atoms with Crippen LogP contribution in [0.2, 0.25) is 0 Å². The normalized spacial score (nSPS) is 15.2. The molecule has 7 heteroatoms. The van der Waals surface area contributed by atoms with E-state index in [9.17, 15) is 18.0 Å². The van der Waals surface area contributed by atoms with Crippen molar-refractivity contribution in [1.82, 2.24) is 0 Å². The first kappa shape index (κ1) is 16.1. The van der Waals surface area contributed by atoms with Gasteiger partial charge in [0.15, 0.2) is 5.70 Å². The molecule has 0 fully saturated rings. The number of allylic oxidation sites excluding steroid dienone is 1. The number of hydrogen-bond donors (Lipinski definition) is 0. The van der Waals surface area contributed by atoms with Crippen molar-refractivity contribution in [3.8, 4) is 0 Å². The fourth-order valence-corrected chi connectivity index (χ4v) is 1.87. The molecule has 0 amide bonds. The molecule has 118 valence electrons. The first-order chi connectivity index (χ1) is 10.3. The molecule has 4 nitrogen and oxygen atoms in total. The van der Waals surface area contributed by atoms with Gasteiger partial charge in [0, 0.05) is 0 Å². The van der Waals surface area contributed by atoms with Gasteiger partial charge < -0.3 is 9.47 Å². The lowest BCUT2D eigenvalue weighted by atomic mass is 10.1. The van der Waals surface area contributed by atoms with Gasteiger partial charge in [-0.15, -0.1) is 0 Å². The number of alkyl halides is 3. The molecule has 0 aromatic heterocycles. The van der Waals surface area contributed by atoms with Crippen molar-refractivity contribution in [1.29, 1.82) is 0 Å². The predicted octanol–water partition coefficient (Wildman–Crippen LogP) is 3.15. The Balaban J connectivity index is 2.45. The van der Waals surface area contributed by atoms with E-state index < -0.39 is 23.6 Å². The summed E-state index contributed by atoms with van der Waals surface area (Å²) in [5, 5.41) is 0. The quantitative estimate of drug-likeness (QED) is 0.805. The van der Waals surface area contributed by atoms with Crippen LogP contribution in [0.4, 0.5) is 13.2 Å². The van der Waals surface area contributed by atoms with Gasteiger partial charge in [0.1, 0.15) is 6.61 Å². The number of carbonyl (C=O) groups is 1. The van der Waals surface area contributed by atoms with Crippen LogP contribution in [0.5, 0.6) is 0 Å². The largest absolute Gasteiger partial charge is 0.481 e. The van der Waals surface area contributed by atoms with E-state index >= 15 is 0 Å². The summed E-state index contributed by atoms with van der Waals surface area (Å²) in [7, 11) is 0. The Labute approximate surface area is 125 Å². The molecule has 0 saturated heterocycles. The zero-order valence-corrected chi connectivity index (χ0v) is 12.0. The molecule has 1 aliphatic heterocycles. The van der Waals surface area contributed by atoms with Gasteiger partial charge in [0.25, 0.3) is 0 Å². The van der Waals surface area contributed by atoms with Crippen LogP contribution in [0.15, 0.2) is 40.7 Å². The van der Waals surface area contributed by atoms with Crippen molar-refractivity contribution >= 4 is 11.7 Å². The van der Waals surface area contributed by atoms with E-state index in [1.54, 1.807) is 24.3 Å². The molecule has 0 N–H and O–H groups in total. The molecular formula is C15H14F3NO3. The third-order valence-corrected chi connectivity index (χ3v) is 2.93. The molecule has 0 aliphatic carbocycles. The maximum absolute atomic E-state index is 12.9. The summed E-state index contributed by atoms with van der Waals surface area (Å²) >= 11 is 0. The van der Waals surface area contributed by atoms with E-state index in [-0.39, 0.29) is 18.9 Å². The zero-order valence-electron chi connectivity index (χ0n) is 12.0. The maximum Gasteiger partial charge on any atom is 0.451 e. The Morgan fingerprint density at radius 2 is 1.95 bits per heavy atom. The van der Waals surface area contributed by atoms with Crippen molar-refractivity contribution in [2.45, 2.75) is 20.0 Å². The third kappa shape index (κ3) is 3.47. The molecule has 2 rings (SSSR count). The Hall–Kier alpha value is -2.31. The highest BCUT2D eigenvalue weighted by molar-refractivity contribution is 6.05. The first-order valence-electron chi connectivity index (χ1n) is 6.59. The molecule has 0 radical (unpaired) electrons. The summed E-state index contributed by atoms with van der Waals surface area (Å²) < 4.78 is 48.1. The second kappa shape index (κ2) is 6.21. The molecule has 1 aromatic rings. The maximum atomic E-state index is 12.9. The molecule has 0 saturated carbocycles. The van der Waals surface area contributed by atoms with Gasteiger partial charge in [-0.1, -0.05) is 29.8 Å². The van der Waals surface area contributed by atoms with Crippen LogP contribution in [-0.2, 0) is 14.3 Å². The number of carbonyl (C=O) groups excluding carboxylic acids is 1. The van der Waals surface area contributed by atoms with Crippen LogP contribution in [0.25, 0.3) is 0 Å². The minimum Gasteiger partial charge on any atom is -0.481 e. The standard InChI is InChI=1S/C15H14F3NO3/c1-3-21-14(20)12-13(15(16,17)18)22-8-11(19-12)10-6-4-9(2)5-7-10/h4-7H,3,8H2,1-2H3. The summed E-state index contributed by atoms with van der Waals surface area (Å²) in [5.41, 5.74) is 0.985. The molecule has 0 unspecified atom stereocenters. The van der Waals surface area contributed by atoms with E-state index in [2.05, 4.69) is 9.73 Å². The predicted molar refractivity (Wildman–Crippen MR) is 73.4 cm³/mol. The minimum atomic E-state index is -4.80. The van der Waals surface area contributed by atoms with E-state index in [4.69, 9.17) is 4.74 Å². The van der Waals surface area contributed by atoms with Crippen molar-refractivity contribution in [2.75, 3.05) is 13.2 Å². The molecule has 1 aliphatic rings. The summed E-state index contributed by atoms with van der Waals surface area (Å²) in [5.74, 6) is -2.57. The Bertz CT molecular complexity index is 630. The molecule has 0 bridgehead atoms. The highest BCUT2D eigenvalue weighted by Gasteiger charge is 2.43. The summed E-state index contributed by atoms with van der Waals surface area (Å²) in [6.45, 7) is 2.97. The van der Waals surface area contributed by atoms with Crippen LogP contribution >= 0.6 is 0 Å². The van der Waals surface area contributed by atoms with E-state index in [0.717, 1.165) is 5.56 Å². The van der Waals surface area contributed by atoms with Crippen LogP contribution in [0, 0.1) is 6.92 Å². The van der Waals surface area contributed by atoms with Crippen molar-refractivity contribution in [3.05, 3.63) is 46.8 Å². The van der Waals surface area contributed by atoms with E-state index in [0.29, 0.717) is 5.56 Å². The van der Waals surface area contributed by atoms with Crippen LogP contribution < -0.4 is 0 Å². The van der Waals surface area contributed by atoms with Crippen molar-refractivity contribution in [2.24, 2.45) is 4.99 Å². The molecule has 1 aromatic carbocycles. The van der Waals surface area contributed by atoms with E-state index in [1.165, 1.54) is 6.92 Å². The fraction of sp³-hybridized carbons (Fsp3) is 0.333. The van der Waals surface area contributed by atoms with Gasteiger partial charge in [-0.05, 0) is 19.4 Å². The molecule has 22 heavy (non-hydrogen) atoms. The number of nitrogens with zero attached hydrogens (tertiary/aromatic N) is 1. The zero-order chi connectivity index (χ0) is 16.3. The monoisotopic (exact) mass is 313 g/mol. The number of ether oxygens (including phenoxy) is 2. The summed E-state index contributed by atoms with van der Waals surface area (Å²) in [6.07, 6.45) is -4.80. The van der Waals surface area contributed by atoms with Crippen molar-refractivity contribution < 1.29 is 27.4 Å². The van der Waals surface area contributed by atoms with Gasteiger partial charge in [-0.25, -0.2) is 9.79 Å². The van der Waals surface area contributed by atoms with Crippen LogP contribution in [0.1, 0.15) is 18.1 Å². The minimum absolute atomic E-state index is 0.0527. The highest BCUT2D eigenvalue weighted by atomic mass is 19.4.